The summed E-state index contributed by atoms with van der Waals surface area (Å²) in [6, 6.07) is 1.87. The predicted molar refractivity (Wildman–Crippen MR) is 51.8 cm³/mol. The van der Waals surface area contributed by atoms with Crippen LogP contribution in [0.15, 0.2) is 24.7 Å². The van der Waals surface area contributed by atoms with Crippen molar-refractivity contribution in [2.45, 2.75) is 19.4 Å². The first-order valence-corrected chi connectivity index (χ1v) is 4.73. The summed E-state index contributed by atoms with van der Waals surface area (Å²) in [7, 11) is 0. The Hall–Kier alpha value is -0.910. The molecule has 2 rings (SSSR count). The molecule has 0 aliphatic rings. The summed E-state index contributed by atoms with van der Waals surface area (Å²) < 4.78 is 1.76. The van der Waals surface area contributed by atoms with E-state index in [4.69, 9.17) is 0 Å². The van der Waals surface area contributed by atoms with Crippen molar-refractivity contribution in [3.8, 4) is 0 Å². The maximum absolute atomic E-state index is 10.2. The van der Waals surface area contributed by atoms with Gasteiger partial charge < -0.3 is 9.90 Å². The van der Waals surface area contributed by atoms with E-state index >= 15 is 0 Å². The van der Waals surface area contributed by atoms with E-state index in [-0.39, 0.29) is 36.0 Å². The number of carbonyl (C=O) groups is 1. The van der Waals surface area contributed by atoms with Crippen molar-refractivity contribution in [2.75, 3.05) is 0 Å². The van der Waals surface area contributed by atoms with Gasteiger partial charge in [0, 0.05) is 24.1 Å². The molecule has 0 aromatic carbocycles. The molecule has 0 radical (unpaired) electrons. The Kier molecular flexibility index (Phi) is 4.92. The van der Waals surface area contributed by atoms with Crippen LogP contribution in [0.3, 0.4) is 0 Å². The molecule has 78 valence electrons. The Bertz CT molecular complexity index is 484. The Balaban J connectivity index is 0.00000128. The topological polar surface area (TPSA) is 70.8 Å². The van der Waals surface area contributed by atoms with Crippen molar-refractivity contribution in [2.24, 2.45) is 0 Å². The zero-order valence-electron chi connectivity index (χ0n) is 9.09. The van der Waals surface area contributed by atoms with Gasteiger partial charge in [-0.2, -0.15) is 5.10 Å². The molecule has 6 heteroatoms. The second kappa shape index (κ2) is 5.98. The summed E-state index contributed by atoms with van der Waals surface area (Å²) in [4.78, 5) is 14.2. The van der Waals surface area contributed by atoms with Crippen LogP contribution < -0.4 is 34.7 Å². The molecule has 0 unspecified atom stereocenters. The number of aryl methyl sites for hydroxylation is 1. The fraction of sp³-hybridized carbons (Fsp3) is 0.300. The quantitative estimate of drug-likeness (QED) is 0.521. The van der Waals surface area contributed by atoms with Gasteiger partial charge in [0.2, 0.25) is 0 Å². The molecule has 0 saturated carbocycles. The van der Waals surface area contributed by atoms with Gasteiger partial charge in [-0.1, -0.05) is 0 Å². The van der Waals surface area contributed by atoms with E-state index in [1.165, 1.54) is 0 Å². The molecule has 0 bridgehead atoms. The van der Waals surface area contributed by atoms with Crippen molar-refractivity contribution >= 4 is 16.9 Å². The van der Waals surface area contributed by atoms with Crippen molar-refractivity contribution in [1.29, 1.82) is 0 Å². The standard InChI is InChI=1S/C10H11N3O2.Na/c14-10(15)2-1-5-13-9-7-11-4-3-8(9)6-12-13;/h3-4,6-7H,1-2,5H2,(H,14,15);/q;+1/p-1. The fourth-order valence-electron chi connectivity index (χ4n) is 1.47. The predicted octanol–water partition coefficient (Wildman–Crippen LogP) is -3.03. The van der Waals surface area contributed by atoms with E-state index in [1.807, 2.05) is 6.07 Å². The van der Waals surface area contributed by atoms with Gasteiger partial charge in [-0.05, 0) is 18.9 Å². The Morgan fingerprint density at radius 1 is 1.44 bits per heavy atom. The van der Waals surface area contributed by atoms with Crippen LogP contribution in [0, 0.1) is 0 Å². The molecule has 0 aliphatic heterocycles. The number of nitrogens with zero attached hydrogens (tertiary/aromatic N) is 3. The van der Waals surface area contributed by atoms with E-state index < -0.39 is 5.97 Å². The zero-order chi connectivity index (χ0) is 10.7. The van der Waals surface area contributed by atoms with E-state index in [9.17, 15) is 9.90 Å². The number of carbonyl (C=O) groups excluding carboxylic acids is 1. The number of hydrogen-bond acceptors (Lipinski definition) is 4. The molecular formula is C10H10N3NaO2. The van der Waals surface area contributed by atoms with E-state index in [0.29, 0.717) is 13.0 Å². The molecule has 0 atom stereocenters. The van der Waals surface area contributed by atoms with Crippen molar-refractivity contribution in [1.82, 2.24) is 14.8 Å². The second-order valence-electron chi connectivity index (χ2n) is 3.28. The average molecular weight is 227 g/mol. The van der Waals surface area contributed by atoms with Crippen LogP contribution in [-0.2, 0) is 11.3 Å². The van der Waals surface area contributed by atoms with Gasteiger partial charge in [0.05, 0.1) is 17.9 Å². The summed E-state index contributed by atoms with van der Waals surface area (Å²) in [6.45, 7) is 0.573. The fourth-order valence-corrected chi connectivity index (χ4v) is 1.47. The normalized spacial score (nSPS) is 10.0. The molecule has 0 aliphatic carbocycles. The molecule has 5 nitrogen and oxygen atoms in total. The molecule has 2 heterocycles. The van der Waals surface area contributed by atoms with Crippen molar-refractivity contribution < 1.29 is 39.5 Å². The summed E-state index contributed by atoms with van der Waals surface area (Å²) in [5.41, 5.74) is 0.927. The summed E-state index contributed by atoms with van der Waals surface area (Å²) in [6.07, 6.45) is 5.75. The smallest absolute Gasteiger partial charge is 0.550 e. The molecule has 0 saturated heterocycles. The summed E-state index contributed by atoms with van der Waals surface area (Å²) in [5.74, 6) is -1.02. The van der Waals surface area contributed by atoms with Crippen LogP contribution in [0.2, 0.25) is 0 Å². The Morgan fingerprint density at radius 3 is 3.00 bits per heavy atom. The van der Waals surface area contributed by atoms with Gasteiger partial charge in [-0.15, -0.1) is 0 Å². The molecule has 2 aromatic rings. The number of pyridine rings is 1. The summed E-state index contributed by atoms with van der Waals surface area (Å²) >= 11 is 0. The number of carboxylic acids is 1. The largest absolute Gasteiger partial charge is 1.00 e. The zero-order valence-corrected chi connectivity index (χ0v) is 11.1. The Labute approximate surface area is 115 Å². The van der Waals surface area contributed by atoms with E-state index in [1.54, 1.807) is 23.3 Å². The van der Waals surface area contributed by atoms with E-state index in [2.05, 4.69) is 10.1 Å². The van der Waals surface area contributed by atoms with Crippen LogP contribution in [0.4, 0.5) is 0 Å². The monoisotopic (exact) mass is 227 g/mol. The van der Waals surface area contributed by atoms with Crippen LogP contribution in [0.5, 0.6) is 0 Å². The second-order valence-corrected chi connectivity index (χ2v) is 3.28. The van der Waals surface area contributed by atoms with Gasteiger partial charge in [0.1, 0.15) is 0 Å². The van der Waals surface area contributed by atoms with Crippen LogP contribution in [0.25, 0.3) is 10.9 Å². The third-order valence-corrected chi connectivity index (χ3v) is 2.20. The first-order chi connectivity index (χ1) is 7.27. The van der Waals surface area contributed by atoms with Gasteiger partial charge in [0.15, 0.2) is 0 Å². The molecule has 0 fully saturated rings. The molecule has 0 N–H and O–H groups in total. The van der Waals surface area contributed by atoms with Gasteiger partial charge in [0.25, 0.3) is 0 Å². The number of aliphatic carboxylic acids is 1. The van der Waals surface area contributed by atoms with Crippen LogP contribution in [0.1, 0.15) is 12.8 Å². The van der Waals surface area contributed by atoms with Gasteiger partial charge in [-0.3, -0.25) is 9.67 Å². The third-order valence-electron chi connectivity index (χ3n) is 2.20. The minimum Gasteiger partial charge on any atom is -0.550 e. The average Bonchev–Trinajstić information content (AvgIpc) is 2.62. The van der Waals surface area contributed by atoms with Crippen LogP contribution >= 0.6 is 0 Å². The Morgan fingerprint density at radius 2 is 2.25 bits per heavy atom. The minimum atomic E-state index is -1.02. The molecule has 16 heavy (non-hydrogen) atoms. The molecule has 0 spiro atoms. The number of fused-ring (bicyclic) bond motifs is 1. The summed E-state index contributed by atoms with van der Waals surface area (Å²) in [5, 5.41) is 15.4. The maximum Gasteiger partial charge on any atom is 1.00 e. The maximum atomic E-state index is 10.2. The third kappa shape index (κ3) is 3.04. The number of carboxylic acid groups (broad SMARTS) is 1. The minimum absolute atomic E-state index is 0. The molecular weight excluding hydrogens is 217 g/mol. The van der Waals surface area contributed by atoms with Gasteiger partial charge >= 0.3 is 29.6 Å². The van der Waals surface area contributed by atoms with E-state index in [0.717, 1.165) is 10.9 Å². The molecule has 2 aromatic heterocycles. The first-order valence-electron chi connectivity index (χ1n) is 4.73. The van der Waals surface area contributed by atoms with Crippen molar-refractivity contribution in [3.63, 3.8) is 0 Å². The number of rotatable bonds is 4. The van der Waals surface area contributed by atoms with Crippen LogP contribution in [-0.4, -0.2) is 20.7 Å². The molecule has 0 amide bonds. The SMILES string of the molecule is O=C([O-])CCCn1ncc2ccncc21.[Na+]. The number of aromatic nitrogens is 3. The number of hydrogen-bond donors (Lipinski definition) is 0. The first kappa shape index (κ1) is 13.2. The van der Waals surface area contributed by atoms with Crippen molar-refractivity contribution in [3.05, 3.63) is 24.7 Å². The van der Waals surface area contributed by atoms with Gasteiger partial charge in [-0.25, -0.2) is 0 Å².